The van der Waals surface area contributed by atoms with E-state index < -0.39 is 0 Å². The lowest BCUT2D eigenvalue weighted by molar-refractivity contribution is 1.44. The fourth-order valence-corrected chi connectivity index (χ4v) is 0.612. The first-order chi connectivity index (χ1) is 3.12. The topological polar surface area (TPSA) is 0 Å². The molecule has 0 aliphatic carbocycles. The first-order valence-corrected chi connectivity index (χ1v) is 7.48. The summed E-state index contributed by atoms with van der Waals surface area (Å²) in [6.45, 7) is 4.54. The SMILES string of the molecule is CCS(C)(I)CC. The summed E-state index contributed by atoms with van der Waals surface area (Å²) in [6.07, 6.45) is 2.37. The zero-order valence-corrected chi connectivity index (χ0v) is 8.17. The molecule has 0 aromatic carbocycles. The third-order valence-electron chi connectivity index (χ3n) is 1.20. The highest BCUT2D eigenvalue weighted by Crippen LogP contribution is 2.51. The standard InChI is InChI=1S/C5H13IS/c1-4-7(3,6)5-2/h4-5H2,1-3H3. The van der Waals surface area contributed by atoms with Crippen LogP contribution in [-0.2, 0) is 0 Å². The molecule has 0 aliphatic rings. The lowest BCUT2D eigenvalue weighted by atomic mass is 11.0. The summed E-state index contributed by atoms with van der Waals surface area (Å²) in [7, 11) is -0.187. The molecule has 0 nitrogen and oxygen atoms in total. The summed E-state index contributed by atoms with van der Waals surface area (Å²) in [5, 5.41) is 0. The van der Waals surface area contributed by atoms with E-state index in [1.54, 1.807) is 0 Å². The zero-order chi connectivity index (χ0) is 5.91. The van der Waals surface area contributed by atoms with E-state index in [9.17, 15) is 0 Å². The highest BCUT2D eigenvalue weighted by atomic mass is 127. The molecule has 0 N–H and O–H groups in total. The van der Waals surface area contributed by atoms with Crippen LogP contribution in [0.5, 0.6) is 0 Å². The van der Waals surface area contributed by atoms with Crippen molar-refractivity contribution in [2.75, 3.05) is 17.8 Å². The van der Waals surface area contributed by atoms with Crippen LogP contribution in [0.4, 0.5) is 0 Å². The van der Waals surface area contributed by atoms with Crippen molar-refractivity contribution in [1.29, 1.82) is 0 Å². The lowest BCUT2D eigenvalue weighted by Crippen LogP contribution is -1.92. The van der Waals surface area contributed by atoms with Gasteiger partial charge in [0.1, 0.15) is 0 Å². The summed E-state index contributed by atoms with van der Waals surface area (Å²) in [6, 6.07) is 0. The quantitative estimate of drug-likeness (QED) is 0.642. The van der Waals surface area contributed by atoms with Crippen molar-refractivity contribution in [1.82, 2.24) is 0 Å². The van der Waals surface area contributed by atoms with E-state index >= 15 is 0 Å². The maximum atomic E-state index is 2.59. The number of rotatable bonds is 2. The minimum atomic E-state index is -0.187. The largest absolute Gasteiger partial charge is 0.191 e. The van der Waals surface area contributed by atoms with E-state index in [2.05, 4.69) is 41.3 Å². The molecule has 0 bridgehead atoms. The predicted molar refractivity (Wildman–Crippen MR) is 48.6 cm³/mol. The Morgan fingerprint density at radius 2 is 1.57 bits per heavy atom. The highest BCUT2D eigenvalue weighted by molar-refractivity contribution is 14.2. The molecule has 0 spiro atoms. The summed E-state index contributed by atoms with van der Waals surface area (Å²) in [4.78, 5) is 0. The summed E-state index contributed by atoms with van der Waals surface area (Å²) in [5.41, 5.74) is 0. The van der Waals surface area contributed by atoms with Crippen LogP contribution in [0.2, 0.25) is 0 Å². The molecule has 0 radical (unpaired) electrons. The van der Waals surface area contributed by atoms with E-state index in [0.29, 0.717) is 0 Å². The van der Waals surface area contributed by atoms with Crippen molar-refractivity contribution < 1.29 is 0 Å². The van der Waals surface area contributed by atoms with E-state index in [0.717, 1.165) is 0 Å². The third kappa shape index (κ3) is 3.64. The van der Waals surface area contributed by atoms with Gasteiger partial charge in [-0.2, -0.15) is 7.20 Å². The highest BCUT2D eigenvalue weighted by Gasteiger charge is 2.04. The van der Waals surface area contributed by atoms with Crippen LogP contribution < -0.4 is 0 Å². The van der Waals surface area contributed by atoms with Gasteiger partial charge in [0.15, 0.2) is 0 Å². The molecule has 2 heteroatoms. The van der Waals surface area contributed by atoms with Crippen LogP contribution in [0.3, 0.4) is 0 Å². The summed E-state index contributed by atoms with van der Waals surface area (Å²) in [5.74, 6) is 2.73. The Morgan fingerprint density at radius 3 is 1.57 bits per heavy atom. The first-order valence-electron chi connectivity index (χ1n) is 2.55. The third-order valence-corrected chi connectivity index (χ3v) is 7.35. The second-order valence-electron chi connectivity index (χ2n) is 1.73. The molecule has 0 aromatic rings. The van der Waals surface area contributed by atoms with E-state index in [1.807, 2.05) is 0 Å². The average molecular weight is 232 g/mol. The van der Waals surface area contributed by atoms with Crippen molar-refractivity contribution in [3.05, 3.63) is 0 Å². The van der Waals surface area contributed by atoms with E-state index in [1.165, 1.54) is 11.5 Å². The molecule has 46 valence electrons. The van der Waals surface area contributed by atoms with Crippen LogP contribution >= 0.6 is 28.4 Å². The van der Waals surface area contributed by atoms with Gasteiger partial charge in [0.2, 0.25) is 0 Å². The second kappa shape index (κ2) is 3.17. The minimum Gasteiger partial charge on any atom is -0.191 e. The Hall–Kier alpha value is 1.08. The predicted octanol–water partition coefficient (Wildman–Crippen LogP) is 2.81. The zero-order valence-electron chi connectivity index (χ0n) is 5.20. The van der Waals surface area contributed by atoms with Crippen molar-refractivity contribution in [2.24, 2.45) is 0 Å². The van der Waals surface area contributed by atoms with Gasteiger partial charge in [0.05, 0.1) is 0 Å². The molecular formula is C5H13IS. The average Bonchev–Trinajstić information content (AvgIpc) is 1.68. The Morgan fingerprint density at radius 1 is 1.29 bits per heavy atom. The molecule has 0 unspecified atom stereocenters. The lowest BCUT2D eigenvalue weighted by Gasteiger charge is -2.23. The van der Waals surface area contributed by atoms with Gasteiger partial charge in [-0.3, -0.25) is 0 Å². The van der Waals surface area contributed by atoms with Gasteiger partial charge in [0, 0.05) is 0 Å². The van der Waals surface area contributed by atoms with Gasteiger partial charge in [-0.1, -0.05) is 13.8 Å². The Bertz CT molecular complexity index is 46.0. The summed E-state index contributed by atoms with van der Waals surface area (Å²) < 4.78 is 0. The molecule has 0 fully saturated rings. The van der Waals surface area contributed by atoms with Gasteiger partial charge in [-0.05, 0) is 39.0 Å². The monoisotopic (exact) mass is 232 g/mol. The van der Waals surface area contributed by atoms with Crippen molar-refractivity contribution in [3.63, 3.8) is 0 Å². The Kier molecular flexibility index (Phi) is 3.66. The molecule has 0 atom stereocenters. The molecule has 0 saturated carbocycles. The normalized spacial score (nSPS) is 14.3. The van der Waals surface area contributed by atoms with E-state index in [4.69, 9.17) is 0 Å². The maximum absolute atomic E-state index is 2.59. The van der Waals surface area contributed by atoms with E-state index in [-0.39, 0.29) is 7.20 Å². The molecule has 7 heavy (non-hydrogen) atoms. The maximum Gasteiger partial charge on any atom is -0.0175 e. The van der Waals surface area contributed by atoms with Crippen molar-refractivity contribution >= 4 is 28.4 Å². The van der Waals surface area contributed by atoms with Crippen molar-refractivity contribution in [2.45, 2.75) is 13.8 Å². The van der Waals surface area contributed by atoms with Crippen LogP contribution in [0.25, 0.3) is 0 Å². The van der Waals surface area contributed by atoms with Crippen LogP contribution in [0.1, 0.15) is 13.8 Å². The minimum absolute atomic E-state index is 0.187. The van der Waals surface area contributed by atoms with Gasteiger partial charge in [-0.25, -0.2) is 0 Å². The number of hydrogen-bond donors (Lipinski definition) is 0. The molecular weight excluding hydrogens is 219 g/mol. The number of hydrogen-bond acceptors (Lipinski definition) is 0. The summed E-state index contributed by atoms with van der Waals surface area (Å²) >= 11 is 2.59. The molecule has 0 heterocycles. The van der Waals surface area contributed by atoms with Crippen LogP contribution in [-0.4, -0.2) is 17.8 Å². The Balaban J connectivity index is 3.36. The molecule has 0 amide bonds. The Labute approximate surface area is 60.0 Å². The molecule has 0 rings (SSSR count). The van der Waals surface area contributed by atoms with Gasteiger partial charge < -0.3 is 0 Å². The van der Waals surface area contributed by atoms with Gasteiger partial charge in [-0.15, -0.1) is 0 Å². The second-order valence-corrected chi connectivity index (χ2v) is 11.6. The fraction of sp³-hybridized carbons (Fsp3) is 1.00. The fourth-order valence-electron chi connectivity index (χ4n) is 0.204. The van der Waals surface area contributed by atoms with Crippen molar-refractivity contribution in [3.8, 4) is 0 Å². The van der Waals surface area contributed by atoms with Crippen LogP contribution in [0.15, 0.2) is 0 Å². The van der Waals surface area contributed by atoms with Gasteiger partial charge in [0.25, 0.3) is 0 Å². The molecule has 0 aliphatic heterocycles. The van der Waals surface area contributed by atoms with Gasteiger partial charge >= 0.3 is 0 Å². The molecule has 0 saturated heterocycles. The number of halogens is 1. The molecule has 0 aromatic heterocycles. The smallest absolute Gasteiger partial charge is 0.0175 e. The van der Waals surface area contributed by atoms with Crippen LogP contribution in [0, 0.1) is 0 Å². The first kappa shape index (κ1) is 8.08.